The molecular formula is C10H10N2O4S. The zero-order chi connectivity index (χ0) is 12.9. The van der Waals surface area contributed by atoms with E-state index in [2.05, 4.69) is 4.74 Å². The van der Waals surface area contributed by atoms with Crippen LogP contribution in [0.1, 0.15) is 12.5 Å². The Morgan fingerprint density at radius 1 is 1.41 bits per heavy atom. The highest BCUT2D eigenvalue weighted by Crippen LogP contribution is 2.09. The molecule has 0 saturated heterocycles. The Kier molecular flexibility index (Phi) is 4.06. The maximum atomic E-state index is 11.6. The Bertz CT molecular complexity index is 543. The van der Waals surface area contributed by atoms with Crippen molar-refractivity contribution in [1.82, 2.24) is 4.72 Å². The van der Waals surface area contributed by atoms with Gasteiger partial charge >= 0.3 is 6.09 Å². The van der Waals surface area contributed by atoms with E-state index >= 15 is 0 Å². The molecule has 17 heavy (non-hydrogen) atoms. The summed E-state index contributed by atoms with van der Waals surface area (Å²) in [5, 5.41) is 8.56. The van der Waals surface area contributed by atoms with Gasteiger partial charge in [-0.15, -0.1) is 0 Å². The van der Waals surface area contributed by atoms with Gasteiger partial charge in [0.15, 0.2) is 0 Å². The molecule has 7 heteroatoms. The van der Waals surface area contributed by atoms with E-state index in [1.807, 2.05) is 6.07 Å². The number of nitrogens with zero attached hydrogens (tertiary/aromatic N) is 1. The van der Waals surface area contributed by atoms with Crippen LogP contribution in [0, 0.1) is 11.3 Å². The van der Waals surface area contributed by atoms with E-state index in [4.69, 9.17) is 5.26 Å². The van der Waals surface area contributed by atoms with Crippen molar-refractivity contribution in [2.45, 2.75) is 11.8 Å². The molecule has 0 radical (unpaired) electrons. The summed E-state index contributed by atoms with van der Waals surface area (Å²) in [6, 6.07) is 7.03. The van der Waals surface area contributed by atoms with Crippen LogP contribution < -0.4 is 4.72 Å². The minimum Gasteiger partial charge on any atom is -0.449 e. The average molecular weight is 254 g/mol. The molecule has 1 amide bonds. The van der Waals surface area contributed by atoms with E-state index < -0.39 is 16.1 Å². The summed E-state index contributed by atoms with van der Waals surface area (Å²) < 4.78 is 29.4. The highest BCUT2D eigenvalue weighted by Gasteiger charge is 2.17. The van der Waals surface area contributed by atoms with Gasteiger partial charge < -0.3 is 4.74 Å². The van der Waals surface area contributed by atoms with Gasteiger partial charge in [-0.3, -0.25) is 0 Å². The maximum absolute atomic E-state index is 11.6. The number of hydrogen-bond donors (Lipinski definition) is 1. The van der Waals surface area contributed by atoms with Gasteiger partial charge in [0.25, 0.3) is 10.0 Å². The number of carbonyl (C=O) groups is 1. The normalized spacial score (nSPS) is 10.4. The lowest BCUT2D eigenvalue weighted by atomic mass is 10.2. The second kappa shape index (κ2) is 5.32. The van der Waals surface area contributed by atoms with E-state index in [1.165, 1.54) is 24.3 Å². The summed E-state index contributed by atoms with van der Waals surface area (Å²) >= 11 is 0. The van der Waals surface area contributed by atoms with Crippen molar-refractivity contribution in [1.29, 1.82) is 5.26 Å². The van der Waals surface area contributed by atoms with Gasteiger partial charge in [0, 0.05) is 0 Å². The van der Waals surface area contributed by atoms with Crippen molar-refractivity contribution >= 4 is 16.1 Å². The number of nitrogens with one attached hydrogen (secondary N) is 1. The fourth-order valence-electron chi connectivity index (χ4n) is 1.04. The smallest absolute Gasteiger partial charge is 0.421 e. The number of carbonyl (C=O) groups excluding carboxylic acids is 1. The third-order valence-corrected chi connectivity index (χ3v) is 3.12. The largest absolute Gasteiger partial charge is 0.449 e. The first-order valence-corrected chi connectivity index (χ1v) is 6.17. The van der Waals surface area contributed by atoms with Gasteiger partial charge in [-0.1, -0.05) is 0 Å². The lowest BCUT2D eigenvalue weighted by molar-refractivity contribution is 0.158. The number of ether oxygens (including phenoxy) is 1. The molecule has 0 aromatic heterocycles. The molecule has 0 aliphatic rings. The van der Waals surface area contributed by atoms with Crippen molar-refractivity contribution in [3.05, 3.63) is 29.8 Å². The van der Waals surface area contributed by atoms with Gasteiger partial charge in [-0.2, -0.15) is 5.26 Å². The lowest BCUT2D eigenvalue weighted by Crippen LogP contribution is -2.31. The molecule has 0 atom stereocenters. The van der Waals surface area contributed by atoms with E-state index in [1.54, 1.807) is 11.6 Å². The lowest BCUT2D eigenvalue weighted by Gasteiger charge is -2.06. The average Bonchev–Trinajstić information content (AvgIpc) is 2.28. The molecule has 90 valence electrons. The Morgan fingerprint density at radius 3 is 2.47 bits per heavy atom. The van der Waals surface area contributed by atoms with E-state index in [-0.39, 0.29) is 11.5 Å². The molecule has 1 rings (SSSR count). The standard InChI is InChI=1S/C10H10N2O4S/c1-2-16-10(13)12-17(14,15)9-5-3-8(7-11)4-6-9/h3-6H,2H2,1H3,(H,12,13). The molecule has 0 aliphatic heterocycles. The van der Waals surface area contributed by atoms with Crippen LogP contribution in [0.25, 0.3) is 0 Å². The van der Waals surface area contributed by atoms with E-state index in [9.17, 15) is 13.2 Å². The first-order chi connectivity index (χ1) is 7.99. The topological polar surface area (TPSA) is 96.3 Å². The zero-order valence-electron chi connectivity index (χ0n) is 9.00. The number of benzene rings is 1. The highest BCUT2D eigenvalue weighted by atomic mass is 32.2. The van der Waals surface area contributed by atoms with Crippen LogP contribution in [0.2, 0.25) is 0 Å². The summed E-state index contributed by atoms with van der Waals surface area (Å²) in [6.45, 7) is 1.64. The molecule has 1 N–H and O–H groups in total. The predicted octanol–water partition coefficient (Wildman–Crippen LogP) is 0.993. The number of nitriles is 1. The number of hydrogen-bond acceptors (Lipinski definition) is 5. The number of amides is 1. The zero-order valence-corrected chi connectivity index (χ0v) is 9.82. The van der Waals surface area contributed by atoms with Crippen molar-refractivity contribution < 1.29 is 17.9 Å². The SMILES string of the molecule is CCOC(=O)NS(=O)(=O)c1ccc(C#N)cc1. The third-order valence-electron chi connectivity index (χ3n) is 1.79. The third kappa shape index (κ3) is 3.46. The minimum atomic E-state index is -3.94. The molecule has 0 saturated carbocycles. The van der Waals surface area contributed by atoms with Crippen molar-refractivity contribution in [3.63, 3.8) is 0 Å². The molecule has 1 aromatic rings. The number of rotatable bonds is 3. The fraction of sp³-hybridized carbons (Fsp3) is 0.200. The predicted molar refractivity (Wildman–Crippen MR) is 58.5 cm³/mol. The van der Waals surface area contributed by atoms with Crippen LogP contribution in [-0.4, -0.2) is 21.1 Å². The molecule has 0 heterocycles. The molecule has 0 fully saturated rings. The highest BCUT2D eigenvalue weighted by molar-refractivity contribution is 7.90. The van der Waals surface area contributed by atoms with Crippen LogP contribution in [0.3, 0.4) is 0 Å². The fourth-order valence-corrected chi connectivity index (χ4v) is 1.93. The first-order valence-electron chi connectivity index (χ1n) is 4.69. The molecule has 0 spiro atoms. The van der Waals surface area contributed by atoms with Crippen LogP contribution in [0.4, 0.5) is 4.79 Å². The summed E-state index contributed by atoms with van der Waals surface area (Å²) in [5.41, 5.74) is 0.333. The summed E-state index contributed by atoms with van der Waals surface area (Å²) in [4.78, 5) is 10.9. The number of sulfonamides is 1. The maximum Gasteiger partial charge on any atom is 0.421 e. The van der Waals surface area contributed by atoms with Crippen LogP contribution in [0.15, 0.2) is 29.2 Å². The Labute approximate surface area is 98.9 Å². The quantitative estimate of drug-likeness (QED) is 0.867. The summed E-state index contributed by atoms with van der Waals surface area (Å²) in [7, 11) is -3.94. The van der Waals surface area contributed by atoms with Crippen LogP contribution in [-0.2, 0) is 14.8 Å². The van der Waals surface area contributed by atoms with Gasteiger partial charge in [-0.25, -0.2) is 17.9 Å². The minimum absolute atomic E-state index is 0.0781. The molecule has 6 nitrogen and oxygen atoms in total. The van der Waals surface area contributed by atoms with Gasteiger partial charge in [-0.05, 0) is 31.2 Å². The Hall–Kier alpha value is -2.07. The van der Waals surface area contributed by atoms with Crippen LogP contribution >= 0.6 is 0 Å². The molecule has 0 unspecified atom stereocenters. The van der Waals surface area contributed by atoms with Crippen LogP contribution in [0.5, 0.6) is 0 Å². The summed E-state index contributed by atoms with van der Waals surface area (Å²) in [6.07, 6.45) is -1.03. The van der Waals surface area contributed by atoms with Gasteiger partial charge in [0.05, 0.1) is 23.1 Å². The van der Waals surface area contributed by atoms with E-state index in [0.717, 1.165) is 0 Å². The van der Waals surface area contributed by atoms with Gasteiger partial charge in [0.2, 0.25) is 0 Å². The summed E-state index contributed by atoms with van der Waals surface area (Å²) in [5.74, 6) is 0. The van der Waals surface area contributed by atoms with Crippen molar-refractivity contribution in [2.24, 2.45) is 0 Å². The van der Waals surface area contributed by atoms with E-state index in [0.29, 0.717) is 5.56 Å². The molecule has 0 bridgehead atoms. The van der Waals surface area contributed by atoms with Crippen molar-refractivity contribution in [3.8, 4) is 6.07 Å². The van der Waals surface area contributed by atoms with Gasteiger partial charge in [0.1, 0.15) is 0 Å². The second-order valence-electron chi connectivity index (χ2n) is 2.96. The Balaban J connectivity index is 2.90. The Morgan fingerprint density at radius 2 is 2.00 bits per heavy atom. The van der Waals surface area contributed by atoms with Crippen molar-refractivity contribution in [2.75, 3.05) is 6.61 Å². The molecule has 0 aliphatic carbocycles. The monoisotopic (exact) mass is 254 g/mol. The second-order valence-corrected chi connectivity index (χ2v) is 4.64. The first kappa shape index (κ1) is 13.0. The molecular weight excluding hydrogens is 244 g/mol. The molecule has 1 aromatic carbocycles.